The minimum absolute atomic E-state index is 0.454. The molecule has 0 radical (unpaired) electrons. The van der Waals surface area contributed by atoms with Gasteiger partial charge in [0.1, 0.15) is 0 Å². The second-order valence-electron chi connectivity index (χ2n) is 4.49. The Labute approximate surface area is 123 Å². The molecular weight excluding hydrogens is 282 g/mol. The van der Waals surface area contributed by atoms with E-state index in [0.717, 1.165) is 23.2 Å². The summed E-state index contributed by atoms with van der Waals surface area (Å²) in [6, 6.07) is 8.67. The van der Waals surface area contributed by atoms with Gasteiger partial charge in [-0.1, -0.05) is 30.7 Å². The molecule has 1 aliphatic heterocycles. The molecule has 0 aromatic heterocycles. The summed E-state index contributed by atoms with van der Waals surface area (Å²) in [6.45, 7) is 3.34. The van der Waals surface area contributed by atoms with Gasteiger partial charge in [0.2, 0.25) is 0 Å². The van der Waals surface area contributed by atoms with Crippen LogP contribution >= 0.6 is 35.1 Å². The first-order chi connectivity index (χ1) is 8.79. The first kappa shape index (κ1) is 14.6. The van der Waals surface area contributed by atoms with Crippen LogP contribution in [0.1, 0.15) is 24.9 Å². The molecule has 18 heavy (non-hydrogen) atoms. The van der Waals surface area contributed by atoms with E-state index in [1.807, 2.05) is 12.1 Å². The lowest BCUT2D eigenvalue weighted by molar-refractivity contribution is 0.523. The lowest BCUT2D eigenvalue weighted by Gasteiger charge is -2.24. The van der Waals surface area contributed by atoms with Gasteiger partial charge in [-0.05, 0) is 24.1 Å². The summed E-state index contributed by atoms with van der Waals surface area (Å²) < 4.78 is 0. The van der Waals surface area contributed by atoms with Crippen molar-refractivity contribution in [2.75, 3.05) is 23.8 Å². The van der Waals surface area contributed by atoms with Crippen LogP contribution in [0.2, 0.25) is 5.02 Å². The van der Waals surface area contributed by atoms with Crippen molar-refractivity contribution in [3.63, 3.8) is 0 Å². The largest absolute Gasteiger partial charge is 0.309 e. The average Bonchev–Trinajstić information content (AvgIpc) is 2.42. The van der Waals surface area contributed by atoms with Crippen molar-refractivity contribution in [3.8, 4) is 0 Å². The fourth-order valence-corrected chi connectivity index (χ4v) is 4.87. The van der Waals surface area contributed by atoms with Gasteiger partial charge in [0, 0.05) is 40.1 Å². The maximum Gasteiger partial charge on any atom is 0.0406 e. The molecule has 1 fully saturated rings. The molecule has 2 unspecified atom stereocenters. The molecule has 1 saturated heterocycles. The number of benzene rings is 1. The topological polar surface area (TPSA) is 12.0 Å². The van der Waals surface area contributed by atoms with Gasteiger partial charge in [-0.15, -0.1) is 0 Å². The van der Waals surface area contributed by atoms with Crippen molar-refractivity contribution >= 4 is 35.1 Å². The SMILES string of the molecule is CCC(NCC1CSCCS1)c1ccc(Cl)cc1. The molecule has 0 amide bonds. The zero-order chi connectivity index (χ0) is 12.8. The fourth-order valence-electron chi connectivity index (χ4n) is 2.12. The highest BCUT2D eigenvalue weighted by Gasteiger charge is 2.16. The Balaban J connectivity index is 1.86. The predicted molar refractivity (Wildman–Crippen MR) is 86.1 cm³/mol. The van der Waals surface area contributed by atoms with Crippen LogP contribution in [0, 0.1) is 0 Å². The molecule has 1 aromatic carbocycles. The summed E-state index contributed by atoms with van der Waals surface area (Å²) in [7, 11) is 0. The van der Waals surface area contributed by atoms with Gasteiger partial charge in [0.05, 0.1) is 0 Å². The van der Waals surface area contributed by atoms with Crippen molar-refractivity contribution in [1.29, 1.82) is 0 Å². The summed E-state index contributed by atoms with van der Waals surface area (Å²) in [5.41, 5.74) is 1.34. The number of rotatable bonds is 5. The molecule has 1 nitrogen and oxygen atoms in total. The summed E-state index contributed by atoms with van der Waals surface area (Å²) in [4.78, 5) is 0. The van der Waals surface area contributed by atoms with Crippen molar-refractivity contribution in [2.24, 2.45) is 0 Å². The summed E-state index contributed by atoms with van der Waals surface area (Å²) >= 11 is 10.1. The quantitative estimate of drug-likeness (QED) is 0.874. The van der Waals surface area contributed by atoms with Gasteiger partial charge in [-0.2, -0.15) is 23.5 Å². The minimum atomic E-state index is 0.454. The summed E-state index contributed by atoms with van der Waals surface area (Å²) in [5.74, 6) is 3.90. The smallest absolute Gasteiger partial charge is 0.0406 e. The molecule has 2 atom stereocenters. The molecule has 1 N–H and O–H groups in total. The van der Waals surface area contributed by atoms with Crippen LogP contribution in [0.25, 0.3) is 0 Å². The van der Waals surface area contributed by atoms with Gasteiger partial charge in [-0.25, -0.2) is 0 Å². The highest BCUT2D eigenvalue weighted by molar-refractivity contribution is 8.06. The second-order valence-corrected chi connectivity index (χ2v) is 7.48. The maximum absolute atomic E-state index is 5.93. The van der Waals surface area contributed by atoms with E-state index in [-0.39, 0.29) is 0 Å². The number of hydrogen-bond donors (Lipinski definition) is 1. The van der Waals surface area contributed by atoms with E-state index >= 15 is 0 Å². The molecule has 4 heteroatoms. The molecule has 0 bridgehead atoms. The zero-order valence-electron chi connectivity index (χ0n) is 10.7. The van der Waals surface area contributed by atoms with E-state index in [0.29, 0.717) is 6.04 Å². The molecule has 0 spiro atoms. The second kappa shape index (κ2) is 7.68. The average molecular weight is 302 g/mol. The van der Waals surface area contributed by atoms with Crippen molar-refractivity contribution < 1.29 is 0 Å². The fraction of sp³-hybridized carbons (Fsp3) is 0.571. The first-order valence-electron chi connectivity index (χ1n) is 6.47. The Kier molecular flexibility index (Phi) is 6.22. The molecule has 1 aliphatic rings. The Bertz CT molecular complexity index is 349. The summed E-state index contributed by atoms with van der Waals surface area (Å²) in [6.07, 6.45) is 1.12. The third-order valence-electron chi connectivity index (χ3n) is 3.16. The monoisotopic (exact) mass is 301 g/mol. The van der Waals surface area contributed by atoms with Crippen molar-refractivity contribution in [2.45, 2.75) is 24.6 Å². The predicted octanol–water partition coefficient (Wildman–Crippen LogP) is 4.23. The van der Waals surface area contributed by atoms with E-state index in [4.69, 9.17) is 11.6 Å². The third-order valence-corrected chi connectivity index (χ3v) is 6.25. The first-order valence-corrected chi connectivity index (χ1v) is 9.06. The molecule has 1 heterocycles. The molecule has 0 aliphatic carbocycles. The Morgan fingerprint density at radius 2 is 2.11 bits per heavy atom. The van der Waals surface area contributed by atoms with Gasteiger partial charge in [-0.3, -0.25) is 0 Å². The molecular formula is C14H20ClNS2. The molecule has 0 saturated carbocycles. The van der Waals surface area contributed by atoms with E-state index < -0.39 is 0 Å². The van der Waals surface area contributed by atoms with Gasteiger partial charge < -0.3 is 5.32 Å². The van der Waals surface area contributed by atoms with Crippen molar-refractivity contribution in [3.05, 3.63) is 34.9 Å². The highest BCUT2D eigenvalue weighted by atomic mass is 35.5. The number of thioether (sulfide) groups is 2. The van der Waals surface area contributed by atoms with E-state index in [9.17, 15) is 0 Å². The minimum Gasteiger partial charge on any atom is -0.309 e. The van der Waals surface area contributed by atoms with Crippen LogP contribution in [0.5, 0.6) is 0 Å². The van der Waals surface area contributed by atoms with Gasteiger partial charge >= 0.3 is 0 Å². The number of nitrogens with one attached hydrogen (secondary N) is 1. The molecule has 1 aromatic rings. The Morgan fingerprint density at radius 1 is 1.33 bits per heavy atom. The zero-order valence-corrected chi connectivity index (χ0v) is 13.1. The maximum atomic E-state index is 5.93. The van der Waals surface area contributed by atoms with Crippen molar-refractivity contribution in [1.82, 2.24) is 5.32 Å². The van der Waals surface area contributed by atoms with Crippen LogP contribution in [0.15, 0.2) is 24.3 Å². The Morgan fingerprint density at radius 3 is 2.72 bits per heavy atom. The summed E-state index contributed by atoms with van der Waals surface area (Å²) in [5, 5.41) is 5.28. The number of hydrogen-bond acceptors (Lipinski definition) is 3. The third kappa shape index (κ3) is 4.37. The van der Waals surface area contributed by atoms with E-state index in [1.165, 1.54) is 22.8 Å². The van der Waals surface area contributed by atoms with Crippen LogP contribution in [-0.2, 0) is 0 Å². The van der Waals surface area contributed by atoms with Crippen LogP contribution < -0.4 is 5.32 Å². The van der Waals surface area contributed by atoms with E-state index in [1.54, 1.807) is 0 Å². The Hall–Kier alpha value is 0.170. The van der Waals surface area contributed by atoms with Crippen LogP contribution in [-0.4, -0.2) is 29.1 Å². The van der Waals surface area contributed by atoms with Gasteiger partial charge in [0.25, 0.3) is 0 Å². The molecule has 100 valence electrons. The normalized spacial score (nSPS) is 21.8. The highest BCUT2D eigenvalue weighted by Crippen LogP contribution is 2.25. The lowest BCUT2D eigenvalue weighted by Crippen LogP contribution is -2.31. The standard InChI is InChI=1S/C14H20ClNS2/c1-2-14(11-3-5-12(15)6-4-11)16-9-13-10-17-7-8-18-13/h3-6,13-14,16H,2,7-10H2,1H3. The van der Waals surface area contributed by atoms with Crippen LogP contribution in [0.4, 0.5) is 0 Å². The van der Waals surface area contributed by atoms with Crippen LogP contribution in [0.3, 0.4) is 0 Å². The number of halogens is 1. The van der Waals surface area contributed by atoms with Gasteiger partial charge in [0.15, 0.2) is 0 Å². The lowest BCUT2D eigenvalue weighted by atomic mass is 10.0. The van der Waals surface area contributed by atoms with E-state index in [2.05, 4.69) is 47.9 Å². The molecule has 2 rings (SSSR count).